The monoisotopic (exact) mass is 366 g/mol. The fourth-order valence-corrected chi connectivity index (χ4v) is 3.36. The standard InChI is InChI=1S/C22H26N2O3/c1-27-19-12-10-17(11-13-19)6-2-5-9-21(25)23-16-22(26)24-15-14-18-7-3-4-8-20(18)24/h3-4,7-8,10-13H,2,5-6,9,14-16H2,1H3,(H,23,25). The van der Waals surface area contributed by atoms with Crippen molar-refractivity contribution in [1.29, 1.82) is 0 Å². The topological polar surface area (TPSA) is 58.6 Å². The Kier molecular flexibility index (Phi) is 6.47. The van der Waals surface area contributed by atoms with Crippen LogP contribution in [0.5, 0.6) is 5.75 Å². The Hall–Kier alpha value is -2.82. The molecular formula is C22H26N2O3. The molecule has 2 amide bonds. The molecule has 0 aromatic heterocycles. The number of anilines is 1. The summed E-state index contributed by atoms with van der Waals surface area (Å²) in [7, 11) is 1.65. The third kappa shape index (κ3) is 5.09. The Bertz CT molecular complexity index is 786. The Morgan fingerprint density at radius 3 is 2.63 bits per heavy atom. The van der Waals surface area contributed by atoms with Crippen molar-refractivity contribution < 1.29 is 14.3 Å². The number of carbonyl (C=O) groups excluding carboxylic acids is 2. The molecule has 0 bridgehead atoms. The maximum atomic E-state index is 12.4. The number of nitrogens with zero attached hydrogens (tertiary/aromatic N) is 1. The van der Waals surface area contributed by atoms with E-state index < -0.39 is 0 Å². The van der Waals surface area contributed by atoms with E-state index in [2.05, 4.69) is 5.32 Å². The van der Waals surface area contributed by atoms with E-state index in [0.29, 0.717) is 13.0 Å². The lowest BCUT2D eigenvalue weighted by atomic mass is 10.1. The van der Waals surface area contributed by atoms with Crippen LogP contribution in [0.4, 0.5) is 5.69 Å². The fraction of sp³-hybridized carbons (Fsp3) is 0.364. The smallest absolute Gasteiger partial charge is 0.246 e. The van der Waals surface area contributed by atoms with Crippen LogP contribution < -0.4 is 15.0 Å². The van der Waals surface area contributed by atoms with Gasteiger partial charge >= 0.3 is 0 Å². The molecule has 27 heavy (non-hydrogen) atoms. The molecule has 0 radical (unpaired) electrons. The maximum absolute atomic E-state index is 12.4. The third-order valence-corrected chi connectivity index (χ3v) is 4.90. The lowest BCUT2D eigenvalue weighted by Gasteiger charge is -2.17. The van der Waals surface area contributed by atoms with Gasteiger partial charge in [0.25, 0.3) is 0 Å². The number of amides is 2. The molecule has 2 aromatic carbocycles. The minimum atomic E-state index is -0.0643. The van der Waals surface area contributed by atoms with E-state index in [0.717, 1.165) is 37.1 Å². The van der Waals surface area contributed by atoms with E-state index in [1.807, 2.05) is 48.5 Å². The molecule has 1 aliphatic rings. The van der Waals surface area contributed by atoms with Gasteiger partial charge in [-0.25, -0.2) is 0 Å². The highest BCUT2D eigenvalue weighted by atomic mass is 16.5. The predicted molar refractivity (Wildman–Crippen MR) is 106 cm³/mol. The van der Waals surface area contributed by atoms with Gasteiger partial charge < -0.3 is 15.0 Å². The Balaban J connectivity index is 1.34. The molecular weight excluding hydrogens is 340 g/mol. The highest BCUT2D eigenvalue weighted by Gasteiger charge is 2.23. The summed E-state index contributed by atoms with van der Waals surface area (Å²) in [6, 6.07) is 15.9. The van der Waals surface area contributed by atoms with Crippen LogP contribution in [0.2, 0.25) is 0 Å². The Labute approximate surface area is 160 Å². The second-order valence-corrected chi connectivity index (χ2v) is 6.76. The molecule has 5 heteroatoms. The molecule has 1 heterocycles. The molecule has 0 spiro atoms. The summed E-state index contributed by atoms with van der Waals surface area (Å²) in [5.41, 5.74) is 3.39. The first-order valence-corrected chi connectivity index (χ1v) is 9.45. The summed E-state index contributed by atoms with van der Waals surface area (Å²) < 4.78 is 5.14. The number of ether oxygens (including phenoxy) is 1. The maximum Gasteiger partial charge on any atom is 0.246 e. The lowest BCUT2D eigenvalue weighted by Crippen LogP contribution is -2.39. The summed E-state index contributed by atoms with van der Waals surface area (Å²) >= 11 is 0. The summed E-state index contributed by atoms with van der Waals surface area (Å²) in [4.78, 5) is 26.1. The van der Waals surface area contributed by atoms with Crippen LogP contribution in [-0.2, 0) is 22.4 Å². The van der Waals surface area contributed by atoms with E-state index in [9.17, 15) is 9.59 Å². The van der Waals surface area contributed by atoms with Crippen molar-refractivity contribution in [1.82, 2.24) is 5.32 Å². The first kappa shape index (κ1) is 19.0. The van der Waals surface area contributed by atoms with Gasteiger partial charge in [0.15, 0.2) is 0 Å². The van der Waals surface area contributed by atoms with Gasteiger partial charge in [-0.1, -0.05) is 30.3 Å². The van der Waals surface area contributed by atoms with Crippen molar-refractivity contribution in [2.45, 2.75) is 32.1 Å². The number of unbranched alkanes of at least 4 members (excludes halogenated alkanes) is 1. The first-order chi connectivity index (χ1) is 13.2. The molecule has 0 fully saturated rings. The highest BCUT2D eigenvalue weighted by molar-refractivity contribution is 5.98. The molecule has 0 atom stereocenters. The second-order valence-electron chi connectivity index (χ2n) is 6.76. The highest BCUT2D eigenvalue weighted by Crippen LogP contribution is 2.27. The summed E-state index contributed by atoms with van der Waals surface area (Å²) in [5, 5.41) is 2.76. The number of para-hydroxylation sites is 1. The van der Waals surface area contributed by atoms with Crippen LogP contribution in [0.3, 0.4) is 0 Å². The lowest BCUT2D eigenvalue weighted by molar-refractivity contribution is -0.125. The van der Waals surface area contributed by atoms with Gasteiger partial charge in [0.2, 0.25) is 11.8 Å². The second kappa shape index (κ2) is 9.21. The minimum Gasteiger partial charge on any atom is -0.497 e. The van der Waals surface area contributed by atoms with Gasteiger partial charge in [0.05, 0.1) is 13.7 Å². The van der Waals surface area contributed by atoms with Gasteiger partial charge in [0.1, 0.15) is 5.75 Å². The van der Waals surface area contributed by atoms with Crippen LogP contribution in [0.15, 0.2) is 48.5 Å². The summed E-state index contributed by atoms with van der Waals surface area (Å²) in [6.07, 6.45) is 3.99. The number of rotatable bonds is 8. The van der Waals surface area contributed by atoms with E-state index in [-0.39, 0.29) is 18.4 Å². The zero-order chi connectivity index (χ0) is 19.1. The van der Waals surface area contributed by atoms with E-state index in [1.54, 1.807) is 12.0 Å². The molecule has 142 valence electrons. The number of hydrogen-bond donors (Lipinski definition) is 1. The number of nitrogens with one attached hydrogen (secondary N) is 1. The number of benzene rings is 2. The Morgan fingerprint density at radius 2 is 1.85 bits per heavy atom. The molecule has 1 aliphatic heterocycles. The zero-order valence-corrected chi connectivity index (χ0v) is 15.7. The van der Waals surface area contributed by atoms with Crippen molar-refractivity contribution in [2.24, 2.45) is 0 Å². The van der Waals surface area contributed by atoms with Crippen LogP contribution >= 0.6 is 0 Å². The minimum absolute atomic E-state index is 0.0495. The van der Waals surface area contributed by atoms with Crippen molar-refractivity contribution in [3.8, 4) is 5.75 Å². The van der Waals surface area contributed by atoms with Crippen molar-refractivity contribution in [2.75, 3.05) is 25.1 Å². The normalized spacial score (nSPS) is 12.6. The quantitative estimate of drug-likeness (QED) is 0.731. The number of aryl methyl sites for hydroxylation is 1. The molecule has 5 nitrogen and oxygen atoms in total. The number of carbonyl (C=O) groups is 2. The van der Waals surface area contributed by atoms with Crippen LogP contribution in [0.1, 0.15) is 30.4 Å². The van der Waals surface area contributed by atoms with Gasteiger partial charge in [0, 0.05) is 18.7 Å². The first-order valence-electron chi connectivity index (χ1n) is 9.45. The molecule has 0 saturated carbocycles. The van der Waals surface area contributed by atoms with E-state index >= 15 is 0 Å². The van der Waals surface area contributed by atoms with Crippen molar-refractivity contribution in [3.63, 3.8) is 0 Å². The largest absolute Gasteiger partial charge is 0.497 e. The fourth-order valence-electron chi connectivity index (χ4n) is 3.36. The molecule has 0 aliphatic carbocycles. The number of hydrogen-bond acceptors (Lipinski definition) is 3. The van der Waals surface area contributed by atoms with E-state index in [1.165, 1.54) is 11.1 Å². The van der Waals surface area contributed by atoms with Crippen LogP contribution in [0.25, 0.3) is 0 Å². The molecule has 0 saturated heterocycles. The van der Waals surface area contributed by atoms with Gasteiger partial charge in [-0.15, -0.1) is 0 Å². The summed E-state index contributed by atoms with van der Waals surface area (Å²) in [6.45, 7) is 0.752. The van der Waals surface area contributed by atoms with Crippen LogP contribution in [0, 0.1) is 0 Å². The average Bonchev–Trinajstić information content (AvgIpc) is 3.14. The third-order valence-electron chi connectivity index (χ3n) is 4.90. The number of fused-ring (bicyclic) bond motifs is 1. The molecule has 1 N–H and O–H groups in total. The molecule has 2 aromatic rings. The van der Waals surface area contributed by atoms with Crippen molar-refractivity contribution >= 4 is 17.5 Å². The predicted octanol–water partition coefficient (Wildman–Crippen LogP) is 3.11. The van der Waals surface area contributed by atoms with Crippen molar-refractivity contribution in [3.05, 3.63) is 59.7 Å². The average molecular weight is 366 g/mol. The van der Waals surface area contributed by atoms with E-state index in [4.69, 9.17) is 4.74 Å². The van der Waals surface area contributed by atoms with Crippen LogP contribution in [-0.4, -0.2) is 32.0 Å². The molecule has 3 rings (SSSR count). The van der Waals surface area contributed by atoms with Gasteiger partial charge in [-0.05, 0) is 55.0 Å². The van der Waals surface area contributed by atoms with Gasteiger partial charge in [-0.3, -0.25) is 9.59 Å². The zero-order valence-electron chi connectivity index (χ0n) is 15.7. The summed E-state index contributed by atoms with van der Waals surface area (Å²) in [5.74, 6) is 0.737. The number of methoxy groups -OCH3 is 1. The SMILES string of the molecule is COc1ccc(CCCCC(=O)NCC(=O)N2CCc3ccccc32)cc1. The molecule has 0 unspecified atom stereocenters. The van der Waals surface area contributed by atoms with Gasteiger partial charge in [-0.2, -0.15) is 0 Å². The Morgan fingerprint density at radius 1 is 1.07 bits per heavy atom.